The van der Waals surface area contributed by atoms with Gasteiger partial charge in [0.1, 0.15) is 5.92 Å². The molecule has 2 unspecified atom stereocenters. The maximum atomic E-state index is 13.2. The second kappa shape index (κ2) is 5.95. The van der Waals surface area contributed by atoms with Gasteiger partial charge in [-0.25, -0.2) is 19.5 Å². The number of nitrogens with zero attached hydrogens (tertiary/aromatic N) is 2. The maximum Gasteiger partial charge on any atom is 0.416 e. The van der Waals surface area contributed by atoms with Crippen LogP contribution in [0.25, 0.3) is 0 Å². The number of amides is 3. The van der Waals surface area contributed by atoms with Crippen molar-refractivity contribution in [3.63, 3.8) is 0 Å². The molecule has 1 aromatic carbocycles. The Morgan fingerprint density at radius 1 is 1.21 bits per heavy atom. The van der Waals surface area contributed by atoms with Crippen LogP contribution in [0.5, 0.6) is 0 Å². The van der Waals surface area contributed by atoms with E-state index in [-0.39, 0.29) is 10.6 Å². The van der Waals surface area contributed by atoms with E-state index >= 15 is 0 Å². The number of rotatable bonds is 2. The Morgan fingerprint density at radius 3 is 2.29 bits per heavy atom. The summed E-state index contributed by atoms with van der Waals surface area (Å²) in [5, 5.41) is 18.5. The second-order valence-corrected chi connectivity index (χ2v) is 5.03. The van der Waals surface area contributed by atoms with Crippen LogP contribution >= 0.6 is 0 Å². The van der Waals surface area contributed by atoms with Gasteiger partial charge in [0.05, 0.1) is 11.6 Å². The second-order valence-electron chi connectivity index (χ2n) is 5.03. The molecule has 10 heteroatoms. The number of carbonyl (C=O) groups excluding carboxylic acids is 1. The van der Waals surface area contributed by atoms with Gasteiger partial charge in [0.15, 0.2) is 0 Å². The summed E-state index contributed by atoms with van der Waals surface area (Å²) in [6, 6.07) is 0.723. The normalized spacial score (nSPS) is 21.4. The van der Waals surface area contributed by atoms with Crippen LogP contribution in [-0.4, -0.2) is 38.9 Å². The first-order valence-electron chi connectivity index (χ1n) is 6.56. The molecular formula is C14H11F3N2O5. The van der Waals surface area contributed by atoms with E-state index in [1.54, 1.807) is 0 Å². The summed E-state index contributed by atoms with van der Waals surface area (Å²) < 4.78 is 39.7. The summed E-state index contributed by atoms with van der Waals surface area (Å²) in [5.41, 5.74) is -2.11. The highest BCUT2D eigenvalue weighted by Crippen LogP contribution is 2.41. The predicted molar refractivity (Wildman–Crippen MR) is 73.7 cm³/mol. The van der Waals surface area contributed by atoms with E-state index in [1.165, 1.54) is 6.07 Å². The predicted octanol–water partition coefficient (Wildman–Crippen LogP) is 3.02. The Hall–Kier alpha value is -2.91. The Kier molecular flexibility index (Phi) is 4.32. The monoisotopic (exact) mass is 344 g/mol. The molecular weight excluding hydrogens is 333 g/mol. The van der Waals surface area contributed by atoms with Crippen molar-refractivity contribution in [1.29, 1.82) is 0 Å². The van der Waals surface area contributed by atoms with E-state index in [0.717, 1.165) is 19.1 Å². The average Bonchev–Trinajstić information content (AvgIpc) is 2.44. The minimum atomic E-state index is -4.85. The Bertz CT molecular complexity index is 744. The highest BCUT2D eigenvalue weighted by Gasteiger charge is 2.48. The lowest BCUT2D eigenvalue weighted by atomic mass is 9.85. The molecule has 7 nitrogen and oxygen atoms in total. The van der Waals surface area contributed by atoms with Gasteiger partial charge in [-0.15, -0.1) is 0 Å². The van der Waals surface area contributed by atoms with Crippen molar-refractivity contribution >= 4 is 23.8 Å². The van der Waals surface area contributed by atoms with Gasteiger partial charge in [0.2, 0.25) is 0 Å². The zero-order valence-electron chi connectivity index (χ0n) is 12.1. The molecule has 0 saturated heterocycles. The highest BCUT2D eigenvalue weighted by atomic mass is 19.4. The van der Waals surface area contributed by atoms with Gasteiger partial charge in [-0.05, 0) is 18.6 Å². The number of aliphatic carboxylic acids is 1. The van der Waals surface area contributed by atoms with E-state index in [0.29, 0.717) is 6.07 Å². The molecule has 1 aliphatic heterocycles. The van der Waals surface area contributed by atoms with Crippen LogP contribution in [0.15, 0.2) is 29.3 Å². The van der Waals surface area contributed by atoms with Crippen molar-refractivity contribution in [1.82, 2.24) is 4.90 Å². The van der Waals surface area contributed by atoms with Crippen LogP contribution < -0.4 is 0 Å². The molecule has 2 rings (SSSR count). The van der Waals surface area contributed by atoms with E-state index in [2.05, 4.69) is 4.99 Å². The largest absolute Gasteiger partial charge is 0.481 e. The fourth-order valence-corrected chi connectivity index (χ4v) is 2.62. The smallest absolute Gasteiger partial charge is 0.416 e. The molecule has 0 saturated carbocycles. The molecule has 2 atom stereocenters. The number of aliphatic imine (C=N–C) groups is 1. The first-order valence-corrected chi connectivity index (χ1v) is 6.56. The van der Waals surface area contributed by atoms with Gasteiger partial charge in [-0.1, -0.05) is 18.2 Å². The first kappa shape index (κ1) is 17.4. The van der Waals surface area contributed by atoms with Gasteiger partial charge >= 0.3 is 24.3 Å². The fraction of sp³-hybridized carbons (Fsp3) is 0.286. The van der Waals surface area contributed by atoms with Crippen molar-refractivity contribution in [2.75, 3.05) is 0 Å². The molecule has 0 bridgehead atoms. The number of halogens is 3. The molecule has 0 fully saturated rings. The van der Waals surface area contributed by atoms with Gasteiger partial charge in [-0.3, -0.25) is 4.79 Å². The Morgan fingerprint density at radius 2 is 1.79 bits per heavy atom. The van der Waals surface area contributed by atoms with Crippen molar-refractivity contribution < 1.29 is 37.8 Å². The molecule has 0 aromatic heterocycles. The SMILES string of the molecule is CC1=NC(=O)N(C(=O)O)C(c2ccccc2C(F)(F)F)C1C(=O)O. The van der Waals surface area contributed by atoms with E-state index in [1.807, 2.05) is 0 Å². The molecule has 0 radical (unpaired) electrons. The Balaban J connectivity index is 2.76. The number of benzene rings is 1. The number of carboxylic acids is 1. The quantitative estimate of drug-likeness (QED) is 0.857. The number of hydrogen-bond donors (Lipinski definition) is 2. The summed E-state index contributed by atoms with van der Waals surface area (Å²) in [5.74, 6) is -3.31. The lowest BCUT2D eigenvalue weighted by Crippen LogP contribution is -2.49. The van der Waals surface area contributed by atoms with Crippen LogP contribution in [-0.2, 0) is 11.0 Å². The van der Waals surface area contributed by atoms with Crippen LogP contribution in [0, 0.1) is 5.92 Å². The summed E-state index contributed by atoms with van der Waals surface area (Å²) in [6.45, 7) is 1.15. The third kappa shape index (κ3) is 2.94. The first-order chi connectivity index (χ1) is 11.1. The van der Waals surface area contributed by atoms with Crippen LogP contribution in [0.1, 0.15) is 24.1 Å². The summed E-state index contributed by atoms with van der Waals surface area (Å²) in [7, 11) is 0. The third-order valence-electron chi connectivity index (χ3n) is 3.58. The van der Waals surface area contributed by atoms with Gasteiger partial charge in [0, 0.05) is 5.71 Å². The average molecular weight is 344 g/mol. The minimum absolute atomic E-state index is 0.0103. The maximum absolute atomic E-state index is 13.2. The molecule has 1 aliphatic rings. The molecule has 1 heterocycles. The van der Waals surface area contributed by atoms with E-state index < -0.39 is 47.4 Å². The minimum Gasteiger partial charge on any atom is -0.481 e. The Labute approximate surface area is 133 Å². The highest BCUT2D eigenvalue weighted by molar-refractivity contribution is 6.10. The van der Waals surface area contributed by atoms with Gasteiger partial charge < -0.3 is 10.2 Å². The zero-order valence-corrected chi connectivity index (χ0v) is 12.1. The number of alkyl halides is 3. The summed E-state index contributed by atoms with van der Waals surface area (Å²) >= 11 is 0. The topological polar surface area (TPSA) is 107 Å². The summed E-state index contributed by atoms with van der Waals surface area (Å²) in [4.78, 5) is 38.0. The van der Waals surface area contributed by atoms with E-state index in [4.69, 9.17) is 0 Å². The van der Waals surface area contributed by atoms with Crippen LogP contribution in [0.2, 0.25) is 0 Å². The van der Waals surface area contributed by atoms with E-state index in [9.17, 15) is 37.8 Å². The summed E-state index contributed by atoms with van der Waals surface area (Å²) in [6.07, 6.45) is -6.74. The molecule has 1 aromatic rings. The number of urea groups is 1. The number of carbonyl (C=O) groups is 3. The number of imide groups is 1. The molecule has 3 amide bonds. The lowest BCUT2D eigenvalue weighted by Gasteiger charge is -2.35. The zero-order chi connectivity index (χ0) is 18.2. The van der Waals surface area contributed by atoms with Crippen LogP contribution in [0.3, 0.4) is 0 Å². The van der Waals surface area contributed by atoms with Gasteiger partial charge in [-0.2, -0.15) is 13.2 Å². The van der Waals surface area contributed by atoms with Crippen molar-refractivity contribution in [2.45, 2.75) is 19.1 Å². The third-order valence-corrected chi connectivity index (χ3v) is 3.58. The van der Waals surface area contributed by atoms with Gasteiger partial charge in [0.25, 0.3) is 0 Å². The molecule has 24 heavy (non-hydrogen) atoms. The van der Waals surface area contributed by atoms with Crippen molar-refractivity contribution in [3.8, 4) is 0 Å². The number of hydrogen-bond acceptors (Lipinski definition) is 3. The van der Waals surface area contributed by atoms with Crippen molar-refractivity contribution in [2.24, 2.45) is 10.9 Å². The fourth-order valence-electron chi connectivity index (χ4n) is 2.62. The van der Waals surface area contributed by atoms with Crippen LogP contribution in [0.4, 0.5) is 22.8 Å². The van der Waals surface area contributed by atoms with Crippen molar-refractivity contribution in [3.05, 3.63) is 35.4 Å². The lowest BCUT2D eigenvalue weighted by molar-refractivity contribution is -0.143. The molecule has 128 valence electrons. The number of carboxylic acid groups (broad SMARTS) is 2. The standard InChI is InChI=1S/C14H11F3N2O5/c1-6-9(11(20)21)10(19(13(23)24)12(22)18-6)7-4-2-3-5-8(7)14(15,16)17/h2-5,9-10H,1H3,(H,20,21)(H,23,24). The molecule has 0 aliphatic carbocycles. The molecule has 0 spiro atoms. The molecule has 2 N–H and O–H groups in total.